The van der Waals surface area contributed by atoms with Crippen molar-refractivity contribution in [2.45, 2.75) is 20.3 Å². The molecule has 1 aromatic heterocycles. The highest BCUT2D eigenvalue weighted by Crippen LogP contribution is 2.02. The first-order valence-electron chi connectivity index (χ1n) is 6.37. The lowest BCUT2D eigenvalue weighted by atomic mass is 10.3. The van der Waals surface area contributed by atoms with Crippen molar-refractivity contribution >= 4 is 11.9 Å². The van der Waals surface area contributed by atoms with Crippen LogP contribution in [-0.2, 0) is 0 Å². The van der Waals surface area contributed by atoms with E-state index < -0.39 is 11.9 Å². The number of carboxylic acids is 1. The van der Waals surface area contributed by atoms with Crippen LogP contribution < -0.4 is 5.32 Å². The van der Waals surface area contributed by atoms with Gasteiger partial charge in [0.15, 0.2) is 11.4 Å². The lowest BCUT2D eigenvalue weighted by Crippen LogP contribution is -2.30. The lowest BCUT2D eigenvalue weighted by molar-refractivity contribution is 0.0685. The molecule has 0 saturated heterocycles. The molecule has 7 heteroatoms. The molecule has 0 saturated carbocycles. The van der Waals surface area contributed by atoms with Gasteiger partial charge in [0.2, 0.25) is 0 Å². The van der Waals surface area contributed by atoms with Crippen LogP contribution in [0.25, 0.3) is 0 Å². The number of rotatable bonds is 8. The molecular weight excluding hydrogens is 248 g/mol. The topological polar surface area (TPSA) is 98.3 Å². The minimum absolute atomic E-state index is 0.0738. The number of aromatic carboxylic acids is 1. The number of imidazole rings is 1. The maximum atomic E-state index is 11.7. The van der Waals surface area contributed by atoms with Gasteiger partial charge < -0.3 is 20.3 Å². The monoisotopic (exact) mass is 268 g/mol. The maximum absolute atomic E-state index is 11.7. The van der Waals surface area contributed by atoms with Crippen LogP contribution in [0.3, 0.4) is 0 Å². The largest absolute Gasteiger partial charge is 0.477 e. The second-order valence-electron chi connectivity index (χ2n) is 4.07. The van der Waals surface area contributed by atoms with Gasteiger partial charge in [-0.3, -0.25) is 4.79 Å². The van der Waals surface area contributed by atoms with Crippen molar-refractivity contribution in [3.63, 3.8) is 0 Å². The number of carbonyl (C=O) groups is 2. The van der Waals surface area contributed by atoms with E-state index >= 15 is 0 Å². The zero-order chi connectivity index (χ0) is 14.3. The van der Waals surface area contributed by atoms with Gasteiger partial charge in [-0.25, -0.2) is 9.78 Å². The Kier molecular flexibility index (Phi) is 6.01. The molecule has 106 valence electrons. The Hall–Kier alpha value is -1.89. The molecule has 0 radical (unpaired) electrons. The van der Waals surface area contributed by atoms with Gasteiger partial charge in [0.05, 0.1) is 6.33 Å². The van der Waals surface area contributed by atoms with E-state index in [1.807, 2.05) is 0 Å². The molecular formula is C12H20N4O3. The van der Waals surface area contributed by atoms with Crippen molar-refractivity contribution in [1.29, 1.82) is 0 Å². The first kappa shape index (κ1) is 15.2. The molecule has 1 aromatic rings. The molecule has 0 aromatic carbocycles. The Morgan fingerprint density at radius 3 is 2.68 bits per heavy atom. The predicted octanol–water partition coefficient (Wildman–Crippen LogP) is 0.570. The first-order chi connectivity index (χ1) is 9.10. The summed E-state index contributed by atoms with van der Waals surface area (Å²) in [5.74, 6) is -1.65. The number of nitrogens with zero attached hydrogens (tertiary/aromatic N) is 2. The number of carbonyl (C=O) groups excluding carboxylic acids is 1. The van der Waals surface area contributed by atoms with Crippen molar-refractivity contribution in [1.82, 2.24) is 20.2 Å². The lowest BCUT2D eigenvalue weighted by Gasteiger charge is -2.17. The molecule has 0 aliphatic rings. The highest BCUT2D eigenvalue weighted by molar-refractivity contribution is 6.02. The van der Waals surface area contributed by atoms with Crippen LogP contribution in [0.4, 0.5) is 0 Å². The van der Waals surface area contributed by atoms with Crippen LogP contribution in [-0.4, -0.2) is 58.0 Å². The smallest absolute Gasteiger partial charge is 0.354 e. The molecule has 1 amide bonds. The van der Waals surface area contributed by atoms with Crippen LogP contribution in [0, 0.1) is 0 Å². The second-order valence-corrected chi connectivity index (χ2v) is 4.07. The molecule has 0 atom stereocenters. The fraction of sp³-hybridized carbons (Fsp3) is 0.583. The van der Waals surface area contributed by atoms with E-state index in [9.17, 15) is 9.59 Å². The fourth-order valence-corrected chi connectivity index (χ4v) is 1.76. The van der Waals surface area contributed by atoms with E-state index in [0.717, 1.165) is 26.1 Å². The first-order valence-corrected chi connectivity index (χ1v) is 6.37. The highest BCUT2D eigenvalue weighted by Gasteiger charge is 2.18. The van der Waals surface area contributed by atoms with Crippen molar-refractivity contribution in [2.24, 2.45) is 0 Å². The fourth-order valence-electron chi connectivity index (χ4n) is 1.76. The Morgan fingerprint density at radius 1 is 1.42 bits per heavy atom. The van der Waals surface area contributed by atoms with Crippen LogP contribution in [0.2, 0.25) is 0 Å². The van der Waals surface area contributed by atoms with E-state index in [-0.39, 0.29) is 11.4 Å². The predicted molar refractivity (Wildman–Crippen MR) is 70.3 cm³/mol. The number of hydrogen-bond acceptors (Lipinski definition) is 4. The summed E-state index contributed by atoms with van der Waals surface area (Å²) in [7, 11) is 0. The van der Waals surface area contributed by atoms with Crippen LogP contribution >= 0.6 is 0 Å². The van der Waals surface area contributed by atoms with Crippen LogP contribution in [0.1, 0.15) is 41.2 Å². The normalized spacial score (nSPS) is 10.7. The van der Waals surface area contributed by atoms with Gasteiger partial charge in [-0.05, 0) is 26.1 Å². The van der Waals surface area contributed by atoms with Gasteiger partial charge in [-0.1, -0.05) is 13.8 Å². The summed E-state index contributed by atoms with van der Waals surface area (Å²) in [6, 6.07) is 0. The second kappa shape index (κ2) is 7.52. The number of aromatic nitrogens is 2. The molecule has 0 bridgehead atoms. The number of amides is 1. The van der Waals surface area contributed by atoms with Crippen LogP contribution in [0.15, 0.2) is 6.33 Å². The number of nitrogens with one attached hydrogen (secondary N) is 2. The number of hydrogen-bond donors (Lipinski definition) is 3. The van der Waals surface area contributed by atoms with Gasteiger partial charge in [-0.2, -0.15) is 0 Å². The molecule has 0 aliphatic carbocycles. The number of aromatic amines is 1. The minimum Gasteiger partial charge on any atom is -0.477 e. The SMILES string of the molecule is CCN(CC)CCCNC(=O)c1nc[nH]c1C(=O)O. The Morgan fingerprint density at radius 2 is 2.11 bits per heavy atom. The van der Waals surface area contributed by atoms with Gasteiger partial charge in [0.25, 0.3) is 5.91 Å². The van der Waals surface area contributed by atoms with Gasteiger partial charge in [0.1, 0.15) is 0 Å². The highest BCUT2D eigenvalue weighted by atomic mass is 16.4. The van der Waals surface area contributed by atoms with E-state index in [4.69, 9.17) is 5.11 Å². The standard InChI is InChI=1S/C12H20N4O3/c1-3-16(4-2)7-5-6-13-11(17)9-10(12(18)19)15-8-14-9/h8H,3-7H2,1-2H3,(H,13,17)(H,14,15)(H,18,19). The minimum atomic E-state index is -1.19. The van der Waals surface area contributed by atoms with Gasteiger partial charge in [0, 0.05) is 6.54 Å². The average Bonchev–Trinajstić information content (AvgIpc) is 2.88. The molecule has 0 aliphatic heterocycles. The summed E-state index contributed by atoms with van der Waals surface area (Å²) in [5, 5.41) is 11.5. The third-order valence-corrected chi connectivity index (χ3v) is 2.90. The third kappa shape index (κ3) is 4.36. The Balaban J connectivity index is 2.39. The van der Waals surface area contributed by atoms with E-state index in [1.54, 1.807) is 0 Å². The van der Waals surface area contributed by atoms with Crippen molar-refractivity contribution in [2.75, 3.05) is 26.2 Å². The molecule has 0 spiro atoms. The summed E-state index contributed by atoms with van der Waals surface area (Å²) in [6.07, 6.45) is 2.02. The third-order valence-electron chi connectivity index (χ3n) is 2.90. The van der Waals surface area contributed by atoms with Gasteiger partial charge in [-0.15, -0.1) is 0 Å². The molecule has 1 heterocycles. The number of carboxylic acid groups (broad SMARTS) is 1. The summed E-state index contributed by atoms with van der Waals surface area (Å²) < 4.78 is 0. The summed E-state index contributed by atoms with van der Waals surface area (Å²) in [6.45, 7) is 7.54. The zero-order valence-electron chi connectivity index (χ0n) is 11.3. The Labute approximate surface area is 112 Å². The Bertz CT molecular complexity index is 426. The van der Waals surface area contributed by atoms with E-state index in [0.29, 0.717) is 6.54 Å². The molecule has 1 rings (SSSR count). The molecule has 7 nitrogen and oxygen atoms in total. The van der Waals surface area contributed by atoms with Crippen molar-refractivity contribution in [3.05, 3.63) is 17.7 Å². The molecule has 3 N–H and O–H groups in total. The summed E-state index contributed by atoms with van der Waals surface area (Å²) >= 11 is 0. The summed E-state index contributed by atoms with van der Waals surface area (Å²) in [5.41, 5.74) is -0.253. The molecule has 19 heavy (non-hydrogen) atoms. The quantitative estimate of drug-likeness (QED) is 0.599. The van der Waals surface area contributed by atoms with Crippen molar-refractivity contribution < 1.29 is 14.7 Å². The zero-order valence-corrected chi connectivity index (χ0v) is 11.3. The van der Waals surface area contributed by atoms with E-state index in [2.05, 4.69) is 34.0 Å². The van der Waals surface area contributed by atoms with Gasteiger partial charge >= 0.3 is 5.97 Å². The molecule has 0 unspecified atom stereocenters. The average molecular weight is 268 g/mol. The maximum Gasteiger partial charge on any atom is 0.354 e. The number of H-pyrrole nitrogens is 1. The summed E-state index contributed by atoms with van der Waals surface area (Å²) in [4.78, 5) is 31.0. The molecule has 0 fully saturated rings. The van der Waals surface area contributed by atoms with Crippen LogP contribution in [0.5, 0.6) is 0 Å². The van der Waals surface area contributed by atoms with E-state index in [1.165, 1.54) is 6.33 Å². The van der Waals surface area contributed by atoms with Crippen molar-refractivity contribution in [3.8, 4) is 0 Å².